The number of nitrogens with zero attached hydrogens (tertiary/aromatic N) is 1. The lowest BCUT2D eigenvalue weighted by Gasteiger charge is -2.00. The summed E-state index contributed by atoms with van der Waals surface area (Å²) in [5.74, 6) is 0.789. The predicted molar refractivity (Wildman–Crippen MR) is 61.5 cm³/mol. The van der Waals surface area contributed by atoms with Crippen molar-refractivity contribution in [3.05, 3.63) is 47.7 Å². The SMILES string of the molecule is CCOc1cnc(CCc2ccccc2F)o1. The summed E-state index contributed by atoms with van der Waals surface area (Å²) in [5, 5.41) is 0. The van der Waals surface area contributed by atoms with Crippen LogP contribution in [-0.2, 0) is 12.8 Å². The zero-order chi connectivity index (χ0) is 12.1. The Kier molecular flexibility index (Phi) is 3.75. The molecule has 4 heteroatoms. The average Bonchev–Trinajstić information content (AvgIpc) is 2.76. The highest BCUT2D eigenvalue weighted by molar-refractivity contribution is 5.18. The molecule has 3 nitrogen and oxygen atoms in total. The Morgan fingerprint density at radius 1 is 1.29 bits per heavy atom. The van der Waals surface area contributed by atoms with Crippen LogP contribution in [0, 0.1) is 5.82 Å². The smallest absolute Gasteiger partial charge is 0.305 e. The van der Waals surface area contributed by atoms with Crippen molar-refractivity contribution in [2.75, 3.05) is 6.61 Å². The lowest BCUT2D eigenvalue weighted by atomic mass is 10.1. The highest BCUT2D eigenvalue weighted by Gasteiger charge is 2.06. The first-order valence-electron chi connectivity index (χ1n) is 5.60. The number of halogens is 1. The normalized spacial score (nSPS) is 10.5. The van der Waals surface area contributed by atoms with Crippen molar-refractivity contribution in [1.82, 2.24) is 4.98 Å². The maximum Gasteiger partial charge on any atom is 0.305 e. The lowest BCUT2D eigenvalue weighted by molar-refractivity contribution is 0.250. The molecule has 0 aliphatic rings. The molecule has 0 N–H and O–H groups in total. The second-order valence-corrected chi connectivity index (χ2v) is 3.60. The molecule has 0 aliphatic carbocycles. The minimum atomic E-state index is -0.191. The van der Waals surface area contributed by atoms with Gasteiger partial charge in [0.2, 0.25) is 0 Å². The van der Waals surface area contributed by atoms with Gasteiger partial charge < -0.3 is 9.15 Å². The summed E-state index contributed by atoms with van der Waals surface area (Å²) in [6.07, 6.45) is 2.67. The molecule has 17 heavy (non-hydrogen) atoms. The summed E-state index contributed by atoms with van der Waals surface area (Å²) in [4.78, 5) is 4.07. The van der Waals surface area contributed by atoms with Crippen molar-refractivity contribution in [2.45, 2.75) is 19.8 Å². The Hall–Kier alpha value is -1.84. The molecule has 0 fully saturated rings. The van der Waals surface area contributed by atoms with Crippen LogP contribution in [0.4, 0.5) is 4.39 Å². The van der Waals surface area contributed by atoms with Gasteiger partial charge in [0.25, 0.3) is 0 Å². The maximum absolute atomic E-state index is 13.3. The molecule has 1 heterocycles. The molecular weight excluding hydrogens is 221 g/mol. The van der Waals surface area contributed by atoms with Crippen LogP contribution in [0.15, 0.2) is 34.9 Å². The highest BCUT2D eigenvalue weighted by atomic mass is 19.1. The number of hydrogen-bond donors (Lipinski definition) is 0. The number of aryl methyl sites for hydroxylation is 2. The third kappa shape index (κ3) is 3.06. The Bertz CT molecular complexity index is 482. The molecule has 0 saturated carbocycles. The molecule has 0 aliphatic heterocycles. The summed E-state index contributed by atoms with van der Waals surface area (Å²) in [6.45, 7) is 2.42. The second-order valence-electron chi connectivity index (χ2n) is 3.60. The van der Waals surface area contributed by atoms with Crippen LogP contribution in [-0.4, -0.2) is 11.6 Å². The quantitative estimate of drug-likeness (QED) is 0.799. The van der Waals surface area contributed by atoms with Crippen molar-refractivity contribution in [2.24, 2.45) is 0 Å². The van der Waals surface area contributed by atoms with Crippen molar-refractivity contribution < 1.29 is 13.5 Å². The number of hydrogen-bond acceptors (Lipinski definition) is 3. The summed E-state index contributed by atoms with van der Waals surface area (Å²) in [7, 11) is 0. The van der Waals surface area contributed by atoms with Gasteiger partial charge in [-0.3, -0.25) is 0 Å². The minimum Gasteiger partial charge on any atom is -0.464 e. The Balaban J connectivity index is 1.95. The van der Waals surface area contributed by atoms with Crippen LogP contribution >= 0.6 is 0 Å². The van der Waals surface area contributed by atoms with Crippen LogP contribution in [0.1, 0.15) is 18.4 Å². The molecule has 90 valence electrons. The number of oxazole rings is 1. The van der Waals surface area contributed by atoms with Gasteiger partial charge in [-0.1, -0.05) is 18.2 Å². The molecule has 0 atom stereocenters. The molecule has 0 spiro atoms. The van der Waals surface area contributed by atoms with E-state index in [1.807, 2.05) is 13.0 Å². The number of benzene rings is 1. The van der Waals surface area contributed by atoms with Crippen LogP contribution < -0.4 is 4.74 Å². The average molecular weight is 235 g/mol. The van der Waals surface area contributed by atoms with Crippen LogP contribution in [0.5, 0.6) is 5.95 Å². The van der Waals surface area contributed by atoms with Crippen LogP contribution in [0.25, 0.3) is 0 Å². The fourth-order valence-corrected chi connectivity index (χ4v) is 1.56. The van der Waals surface area contributed by atoms with E-state index in [9.17, 15) is 4.39 Å². The zero-order valence-corrected chi connectivity index (χ0v) is 9.65. The third-order valence-electron chi connectivity index (χ3n) is 2.38. The van der Waals surface area contributed by atoms with Crippen molar-refractivity contribution in [3.63, 3.8) is 0 Å². The van der Waals surface area contributed by atoms with E-state index >= 15 is 0 Å². The van der Waals surface area contributed by atoms with Crippen molar-refractivity contribution in [1.29, 1.82) is 0 Å². The van der Waals surface area contributed by atoms with E-state index in [0.717, 1.165) is 0 Å². The van der Waals surface area contributed by atoms with E-state index in [4.69, 9.17) is 9.15 Å². The molecule has 1 aromatic carbocycles. The van der Waals surface area contributed by atoms with Crippen LogP contribution in [0.2, 0.25) is 0 Å². The lowest BCUT2D eigenvalue weighted by Crippen LogP contribution is -1.94. The Morgan fingerprint density at radius 3 is 2.88 bits per heavy atom. The fourth-order valence-electron chi connectivity index (χ4n) is 1.56. The topological polar surface area (TPSA) is 35.3 Å². The Morgan fingerprint density at radius 2 is 2.12 bits per heavy atom. The molecule has 0 amide bonds. The van der Waals surface area contributed by atoms with Crippen molar-refractivity contribution >= 4 is 0 Å². The van der Waals surface area contributed by atoms with Gasteiger partial charge >= 0.3 is 5.95 Å². The maximum atomic E-state index is 13.3. The van der Waals surface area contributed by atoms with Gasteiger partial charge in [0, 0.05) is 6.42 Å². The van der Waals surface area contributed by atoms with Gasteiger partial charge in [-0.15, -0.1) is 0 Å². The van der Waals surface area contributed by atoms with Crippen LogP contribution in [0.3, 0.4) is 0 Å². The van der Waals surface area contributed by atoms with E-state index in [-0.39, 0.29) is 5.82 Å². The molecule has 0 saturated heterocycles. The van der Waals surface area contributed by atoms with E-state index in [1.54, 1.807) is 18.3 Å². The van der Waals surface area contributed by atoms with Gasteiger partial charge in [-0.2, -0.15) is 0 Å². The first-order chi connectivity index (χ1) is 8.29. The van der Waals surface area contributed by atoms with Gasteiger partial charge in [-0.05, 0) is 25.0 Å². The number of aromatic nitrogens is 1. The largest absolute Gasteiger partial charge is 0.464 e. The van der Waals surface area contributed by atoms with E-state index in [0.29, 0.717) is 36.8 Å². The molecule has 2 rings (SSSR count). The molecule has 1 aromatic heterocycles. The summed E-state index contributed by atoms with van der Waals surface area (Å²) in [6, 6.07) is 6.72. The first kappa shape index (κ1) is 11.6. The molecule has 0 bridgehead atoms. The van der Waals surface area contributed by atoms with E-state index in [1.165, 1.54) is 6.07 Å². The number of rotatable bonds is 5. The van der Waals surface area contributed by atoms with Gasteiger partial charge in [-0.25, -0.2) is 9.37 Å². The Labute approximate surface area is 99.2 Å². The molecule has 2 aromatic rings. The van der Waals surface area contributed by atoms with Gasteiger partial charge in [0.1, 0.15) is 12.0 Å². The molecule has 0 radical (unpaired) electrons. The van der Waals surface area contributed by atoms with Crippen molar-refractivity contribution in [3.8, 4) is 5.95 Å². The van der Waals surface area contributed by atoms with Gasteiger partial charge in [0.05, 0.1) is 6.61 Å². The summed E-state index contributed by atoms with van der Waals surface area (Å²) in [5.41, 5.74) is 0.670. The second kappa shape index (κ2) is 5.48. The monoisotopic (exact) mass is 235 g/mol. The molecular formula is C13H14FNO2. The number of ether oxygens (including phenoxy) is 1. The van der Waals surface area contributed by atoms with E-state index in [2.05, 4.69) is 4.98 Å². The summed E-state index contributed by atoms with van der Waals surface area (Å²) >= 11 is 0. The predicted octanol–water partition coefficient (Wildman–Crippen LogP) is 3.00. The third-order valence-corrected chi connectivity index (χ3v) is 2.38. The van der Waals surface area contributed by atoms with E-state index < -0.39 is 0 Å². The zero-order valence-electron chi connectivity index (χ0n) is 9.65. The molecule has 0 unspecified atom stereocenters. The fraction of sp³-hybridized carbons (Fsp3) is 0.308. The first-order valence-corrected chi connectivity index (χ1v) is 5.60. The highest BCUT2D eigenvalue weighted by Crippen LogP contribution is 2.15. The minimum absolute atomic E-state index is 0.191. The standard InChI is InChI=1S/C13H14FNO2/c1-2-16-13-9-15-12(17-13)8-7-10-5-3-4-6-11(10)14/h3-6,9H,2,7-8H2,1H3. The summed E-state index contributed by atoms with van der Waals surface area (Å²) < 4.78 is 23.8. The van der Waals surface area contributed by atoms with Gasteiger partial charge in [0.15, 0.2) is 5.89 Å².